The van der Waals surface area contributed by atoms with Gasteiger partial charge in [0.2, 0.25) is 5.89 Å². The fourth-order valence-electron chi connectivity index (χ4n) is 2.45. The lowest BCUT2D eigenvalue weighted by Crippen LogP contribution is -2.36. The molecule has 0 bridgehead atoms. The van der Waals surface area contributed by atoms with Crippen LogP contribution < -0.4 is 10.6 Å². The van der Waals surface area contributed by atoms with Gasteiger partial charge in [-0.05, 0) is 43.4 Å². The molecule has 1 aromatic heterocycles. The SMILES string of the molecule is CCOC(C)c1noc(CNC(=NC)NCc2ccc(F)cc2CSC)n1. The van der Waals surface area contributed by atoms with E-state index in [1.165, 1.54) is 6.07 Å². The van der Waals surface area contributed by atoms with Gasteiger partial charge in [0.05, 0.1) is 6.54 Å². The maximum Gasteiger partial charge on any atom is 0.246 e. The van der Waals surface area contributed by atoms with Gasteiger partial charge in [-0.2, -0.15) is 16.7 Å². The second-order valence-corrected chi connectivity index (χ2v) is 6.64. The number of nitrogens with one attached hydrogen (secondary N) is 2. The van der Waals surface area contributed by atoms with Crippen LogP contribution in [-0.4, -0.2) is 36.0 Å². The van der Waals surface area contributed by atoms with Crippen LogP contribution in [0.4, 0.5) is 4.39 Å². The van der Waals surface area contributed by atoms with E-state index in [1.54, 1.807) is 30.9 Å². The average Bonchev–Trinajstić information content (AvgIpc) is 3.13. The molecule has 1 aromatic carbocycles. The van der Waals surface area contributed by atoms with Gasteiger partial charge in [-0.15, -0.1) is 0 Å². The van der Waals surface area contributed by atoms with E-state index in [4.69, 9.17) is 9.26 Å². The summed E-state index contributed by atoms with van der Waals surface area (Å²) in [7, 11) is 1.68. The lowest BCUT2D eigenvalue weighted by molar-refractivity contribution is 0.0683. The number of nitrogens with zero attached hydrogens (tertiary/aromatic N) is 3. The first kappa shape index (κ1) is 21.2. The number of aromatic nitrogens is 2. The molecule has 0 aliphatic carbocycles. The maximum absolute atomic E-state index is 13.5. The van der Waals surface area contributed by atoms with Crippen molar-refractivity contribution in [3.05, 3.63) is 46.9 Å². The Bertz CT molecular complexity index is 753. The number of rotatable bonds is 9. The van der Waals surface area contributed by atoms with Crippen LogP contribution in [0.5, 0.6) is 0 Å². The number of halogens is 1. The third kappa shape index (κ3) is 6.51. The van der Waals surface area contributed by atoms with Crippen LogP contribution in [0.3, 0.4) is 0 Å². The monoisotopic (exact) mass is 395 g/mol. The molecule has 9 heteroatoms. The van der Waals surface area contributed by atoms with Gasteiger partial charge in [-0.1, -0.05) is 11.2 Å². The molecule has 1 unspecified atom stereocenters. The highest BCUT2D eigenvalue weighted by atomic mass is 32.2. The van der Waals surface area contributed by atoms with Gasteiger partial charge in [0.25, 0.3) is 0 Å². The number of thioether (sulfide) groups is 1. The normalized spacial score (nSPS) is 12.9. The lowest BCUT2D eigenvalue weighted by Gasteiger charge is -2.13. The summed E-state index contributed by atoms with van der Waals surface area (Å²) in [6.45, 7) is 5.25. The van der Waals surface area contributed by atoms with E-state index in [-0.39, 0.29) is 11.9 Å². The first-order valence-corrected chi connectivity index (χ1v) is 10.1. The molecular formula is C18H26FN5O2S. The van der Waals surface area contributed by atoms with Gasteiger partial charge in [-0.3, -0.25) is 4.99 Å². The second-order valence-electron chi connectivity index (χ2n) is 5.77. The second kappa shape index (κ2) is 10.9. The summed E-state index contributed by atoms with van der Waals surface area (Å²) < 4.78 is 24.1. The molecule has 27 heavy (non-hydrogen) atoms. The summed E-state index contributed by atoms with van der Waals surface area (Å²) in [6.07, 6.45) is 1.78. The Balaban J connectivity index is 1.90. The zero-order valence-corrected chi connectivity index (χ0v) is 16.9. The number of ether oxygens (including phenoxy) is 1. The van der Waals surface area contributed by atoms with Crippen LogP contribution in [-0.2, 0) is 23.6 Å². The molecule has 0 aliphatic heterocycles. The van der Waals surface area contributed by atoms with E-state index in [2.05, 4.69) is 25.8 Å². The molecule has 148 valence electrons. The smallest absolute Gasteiger partial charge is 0.246 e. The number of aliphatic imine (C=N–C) groups is 1. The van der Waals surface area contributed by atoms with E-state index < -0.39 is 0 Å². The van der Waals surface area contributed by atoms with E-state index in [0.717, 1.165) is 16.9 Å². The Morgan fingerprint density at radius 2 is 2.11 bits per heavy atom. The molecule has 0 saturated heterocycles. The molecule has 2 N–H and O–H groups in total. The maximum atomic E-state index is 13.5. The molecular weight excluding hydrogens is 369 g/mol. The summed E-state index contributed by atoms with van der Waals surface area (Å²) in [4.78, 5) is 8.49. The summed E-state index contributed by atoms with van der Waals surface area (Å²) in [5.74, 6) is 2.09. The van der Waals surface area contributed by atoms with Crippen molar-refractivity contribution >= 4 is 17.7 Å². The summed E-state index contributed by atoms with van der Waals surface area (Å²) >= 11 is 1.65. The van der Waals surface area contributed by atoms with Crippen LogP contribution in [0.15, 0.2) is 27.7 Å². The molecule has 0 fully saturated rings. The zero-order valence-electron chi connectivity index (χ0n) is 16.1. The molecule has 0 radical (unpaired) electrons. The van der Waals surface area contributed by atoms with Crippen LogP contribution in [0.2, 0.25) is 0 Å². The van der Waals surface area contributed by atoms with Crippen LogP contribution in [0.25, 0.3) is 0 Å². The molecule has 2 aromatic rings. The van der Waals surface area contributed by atoms with Gasteiger partial charge < -0.3 is 19.9 Å². The minimum absolute atomic E-state index is 0.210. The molecule has 0 aliphatic rings. The molecule has 0 saturated carbocycles. The van der Waals surface area contributed by atoms with E-state index >= 15 is 0 Å². The summed E-state index contributed by atoms with van der Waals surface area (Å²) in [5.41, 5.74) is 2.00. The molecule has 7 nitrogen and oxygen atoms in total. The van der Waals surface area contributed by atoms with Gasteiger partial charge in [0.1, 0.15) is 11.9 Å². The molecule has 2 rings (SSSR count). The molecule has 1 atom stereocenters. The predicted octanol–water partition coefficient (Wildman–Crippen LogP) is 3.03. The quantitative estimate of drug-likeness (QED) is 0.499. The number of benzene rings is 1. The Labute approximate surface area is 163 Å². The topological polar surface area (TPSA) is 84.6 Å². The summed E-state index contributed by atoms with van der Waals surface area (Å²) in [5, 5.41) is 10.3. The highest BCUT2D eigenvalue weighted by molar-refractivity contribution is 7.97. The third-order valence-electron chi connectivity index (χ3n) is 3.81. The predicted molar refractivity (Wildman–Crippen MR) is 105 cm³/mol. The molecule has 0 spiro atoms. The van der Waals surface area contributed by atoms with E-state index in [9.17, 15) is 4.39 Å². The van der Waals surface area contributed by atoms with E-state index in [0.29, 0.717) is 37.4 Å². The van der Waals surface area contributed by atoms with Crippen molar-refractivity contribution in [2.24, 2.45) is 4.99 Å². The van der Waals surface area contributed by atoms with Crippen molar-refractivity contribution in [2.45, 2.75) is 38.8 Å². The van der Waals surface area contributed by atoms with Crippen molar-refractivity contribution < 1.29 is 13.7 Å². The van der Waals surface area contributed by atoms with Crippen LogP contribution in [0.1, 0.15) is 42.8 Å². The summed E-state index contributed by atoms with van der Waals surface area (Å²) in [6, 6.07) is 4.83. The average molecular weight is 396 g/mol. The lowest BCUT2D eigenvalue weighted by atomic mass is 10.1. The highest BCUT2D eigenvalue weighted by Gasteiger charge is 2.14. The van der Waals surface area contributed by atoms with Crippen LogP contribution >= 0.6 is 11.8 Å². The number of guanidine groups is 1. The number of hydrogen-bond acceptors (Lipinski definition) is 6. The van der Waals surface area contributed by atoms with Gasteiger partial charge in [-0.25, -0.2) is 4.39 Å². The third-order valence-corrected chi connectivity index (χ3v) is 4.41. The minimum atomic E-state index is -0.223. The first-order valence-electron chi connectivity index (χ1n) is 8.72. The largest absolute Gasteiger partial charge is 0.371 e. The van der Waals surface area contributed by atoms with Crippen molar-refractivity contribution in [2.75, 3.05) is 19.9 Å². The fourth-order valence-corrected chi connectivity index (χ4v) is 3.02. The number of hydrogen-bond donors (Lipinski definition) is 2. The Morgan fingerprint density at radius 3 is 2.81 bits per heavy atom. The van der Waals surface area contributed by atoms with Crippen molar-refractivity contribution in [1.29, 1.82) is 0 Å². The van der Waals surface area contributed by atoms with Crippen molar-refractivity contribution in [3.8, 4) is 0 Å². The highest BCUT2D eigenvalue weighted by Crippen LogP contribution is 2.16. The molecule has 1 heterocycles. The zero-order chi connectivity index (χ0) is 19.6. The Hall–Kier alpha value is -2.13. The molecule has 0 amide bonds. The van der Waals surface area contributed by atoms with E-state index in [1.807, 2.05) is 20.1 Å². The Kier molecular flexibility index (Phi) is 8.53. The standard InChI is InChI=1S/C18H26FN5O2S/c1-5-25-12(2)17-23-16(26-24-17)10-22-18(20-3)21-9-13-6-7-15(19)8-14(13)11-27-4/h6-8,12H,5,9-11H2,1-4H3,(H2,20,21,22). The van der Waals surface area contributed by atoms with Gasteiger partial charge in [0, 0.05) is 26.0 Å². The van der Waals surface area contributed by atoms with Crippen molar-refractivity contribution in [3.63, 3.8) is 0 Å². The van der Waals surface area contributed by atoms with Gasteiger partial charge >= 0.3 is 0 Å². The first-order chi connectivity index (χ1) is 13.1. The van der Waals surface area contributed by atoms with Crippen molar-refractivity contribution in [1.82, 2.24) is 20.8 Å². The fraction of sp³-hybridized carbons (Fsp3) is 0.500. The van der Waals surface area contributed by atoms with Gasteiger partial charge in [0.15, 0.2) is 11.8 Å². The minimum Gasteiger partial charge on any atom is -0.371 e. The van der Waals surface area contributed by atoms with Crippen LogP contribution in [0, 0.1) is 5.82 Å². The Morgan fingerprint density at radius 1 is 1.33 bits per heavy atom.